The number of likely N-dealkylation sites (tertiary alicyclic amines) is 1. The SMILES string of the molecule is CC1(C)C(C(=O)O)C1C(=O)NC1CCN(CC(N)=O)CC1. The average Bonchev–Trinajstić information content (AvgIpc) is 2.94. The molecule has 2 unspecified atom stereocenters. The number of aliphatic carboxylic acids is 1. The van der Waals surface area contributed by atoms with Crippen LogP contribution < -0.4 is 11.1 Å². The van der Waals surface area contributed by atoms with E-state index in [2.05, 4.69) is 5.32 Å². The Morgan fingerprint density at radius 2 is 1.81 bits per heavy atom. The van der Waals surface area contributed by atoms with Crippen molar-refractivity contribution in [3.63, 3.8) is 0 Å². The Hall–Kier alpha value is -1.63. The Labute approximate surface area is 123 Å². The summed E-state index contributed by atoms with van der Waals surface area (Å²) >= 11 is 0. The molecule has 21 heavy (non-hydrogen) atoms. The topological polar surface area (TPSA) is 113 Å². The van der Waals surface area contributed by atoms with Gasteiger partial charge in [0, 0.05) is 19.1 Å². The molecule has 0 aromatic heterocycles. The number of hydrogen-bond acceptors (Lipinski definition) is 4. The summed E-state index contributed by atoms with van der Waals surface area (Å²) in [5.74, 6) is -2.45. The van der Waals surface area contributed by atoms with Crippen LogP contribution >= 0.6 is 0 Å². The van der Waals surface area contributed by atoms with Gasteiger partial charge < -0.3 is 16.2 Å². The summed E-state index contributed by atoms with van der Waals surface area (Å²) < 4.78 is 0. The van der Waals surface area contributed by atoms with Crippen molar-refractivity contribution < 1.29 is 19.5 Å². The fraction of sp³-hybridized carbons (Fsp3) is 0.786. The number of piperidine rings is 1. The highest BCUT2D eigenvalue weighted by molar-refractivity contribution is 5.91. The van der Waals surface area contributed by atoms with Gasteiger partial charge in [0.25, 0.3) is 0 Å². The zero-order chi connectivity index (χ0) is 15.8. The average molecular weight is 297 g/mol. The Morgan fingerprint density at radius 1 is 1.24 bits per heavy atom. The molecule has 1 aliphatic carbocycles. The van der Waals surface area contributed by atoms with Crippen LogP contribution in [0.15, 0.2) is 0 Å². The van der Waals surface area contributed by atoms with Crippen molar-refractivity contribution in [2.75, 3.05) is 19.6 Å². The summed E-state index contributed by atoms with van der Waals surface area (Å²) in [4.78, 5) is 36.1. The van der Waals surface area contributed by atoms with Crippen LogP contribution in [0.1, 0.15) is 26.7 Å². The van der Waals surface area contributed by atoms with E-state index in [1.165, 1.54) is 0 Å². The van der Waals surface area contributed by atoms with E-state index in [9.17, 15) is 14.4 Å². The lowest BCUT2D eigenvalue weighted by Crippen LogP contribution is -2.47. The highest BCUT2D eigenvalue weighted by atomic mass is 16.4. The fourth-order valence-corrected chi connectivity index (χ4v) is 3.33. The third-order valence-electron chi connectivity index (χ3n) is 4.69. The first-order chi connectivity index (χ1) is 9.73. The number of rotatable bonds is 5. The molecule has 2 fully saturated rings. The molecule has 7 nitrogen and oxygen atoms in total. The van der Waals surface area contributed by atoms with E-state index in [0.717, 1.165) is 12.8 Å². The largest absolute Gasteiger partial charge is 0.481 e. The van der Waals surface area contributed by atoms with Gasteiger partial charge in [0.1, 0.15) is 0 Å². The monoisotopic (exact) mass is 297 g/mol. The smallest absolute Gasteiger partial charge is 0.307 e. The first-order valence-corrected chi connectivity index (χ1v) is 7.27. The summed E-state index contributed by atoms with van der Waals surface area (Å²) in [6, 6.07) is 0.0486. The molecule has 0 spiro atoms. The molecular weight excluding hydrogens is 274 g/mol. The van der Waals surface area contributed by atoms with Crippen LogP contribution in [0.25, 0.3) is 0 Å². The van der Waals surface area contributed by atoms with E-state index in [-0.39, 0.29) is 24.4 Å². The van der Waals surface area contributed by atoms with Crippen molar-refractivity contribution in [3.05, 3.63) is 0 Å². The molecule has 1 saturated heterocycles. The second-order valence-electron chi connectivity index (χ2n) is 6.64. The molecule has 1 aliphatic heterocycles. The Kier molecular flexibility index (Phi) is 4.22. The van der Waals surface area contributed by atoms with E-state index in [4.69, 9.17) is 10.8 Å². The minimum absolute atomic E-state index is 0.0486. The highest BCUT2D eigenvalue weighted by Gasteiger charge is 2.65. The van der Waals surface area contributed by atoms with Gasteiger partial charge >= 0.3 is 5.97 Å². The number of nitrogens with two attached hydrogens (primary N) is 1. The molecule has 0 aromatic carbocycles. The van der Waals surface area contributed by atoms with Gasteiger partial charge in [-0.1, -0.05) is 13.8 Å². The van der Waals surface area contributed by atoms with Crippen LogP contribution in [-0.4, -0.2) is 53.5 Å². The zero-order valence-corrected chi connectivity index (χ0v) is 12.5. The molecule has 118 valence electrons. The lowest BCUT2D eigenvalue weighted by atomic mass is 10.0. The maximum Gasteiger partial charge on any atom is 0.307 e. The van der Waals surface area contributed by atoms with Crippen LogP contribution in [0.2, 0.25) is 0 Å². The molecule has 2 aliphatic rings. The summed E-state index contributed by atoms with van der Waals surface area (Å²) in [5, 5.41) is 12.1. The van der Waals surface area contributed by atoms with Crippen LogP contribution in [-0.2, 0) is 14.4 Å². The second-order valence-corrected chi connectivity index (χ2v) is 6.64. The lowest BCUT2D eigenvalue weighted by Gasteiger charge is -2.31. The molecule has 1 saturated carbocycles. The lowest BCUT2D eigenvalue weighted by molar-refractivity contribution is -0.140. The third-order valence-corrected chi connectivity index (χ3v) is 4.69. The number of carboxylic acid groups (broad SMARTS) is 1. The molecule has 7 heteroatoms. The molecule has 2 rings (SSSR count). The standard InChI is InChI=1S/C14H23N3O4/c1-14(2)10(11(14)13(20)21)12(19)16-8-3-5-17(6-4-8)7-9(15)18/h8,10-11H,3-7H2,1-2H3,(H2,15,18)(H,16,19)(H,20,21). The molecular formula is C14H23N3O4. The number of carboxylic acids is 1. The van der Waals surface area contributed by atoms with Crippen molar-refractivity contribution in [2.24, 2.45) is 23.0 Å². The van der Waals surface area contributed by atoms with Crippen LogP contribution in [0.3, 0.4) is 0 Å². The summed E-state index contributed by atoms with van der Waals surface area (Å²) in [6.45, 7) is 5.29. The van der Waals surface area contributed by atoms with Crippen molar-refractivity contribution in [3.8, 4) is 0 Å². The van der Waals surface area contributed by atoms with E-state index < -0.39 is 23.2 Å². The predicted octanol–water partition coefficient (Wildman–Crippen LogP) is -0.591. The van der Waals surface area contributed by atoms with Crippen molar-refractivity contribution in [1.82, 2.24) is 10.2 Å². The molecule has 0 radical (unpaired) electrons. The van der Waals surface area contributed by atoms with Gasteiger partial charge in [-0.3, -0.25) is 19.3 Å². The van der Waals surface area contributed by atoms with Gasteiger partial charge in [0.15, 0.2) is 0 Å². The number of nitrogens with one attached hydrogen (secondary N) is 1. The second kappa shape index (κ2) is 5.63. The molecule has 0 aromatic rings. The quantitative estimate of drug-likeness (QED) is 0.628. The Bertz CT molecular complexity index is 455. The number of hydrogen-bond donors (Lipinski definition) is 3. The minimum Gasteiger partial charge on any atom is -0.481 e. The number of carbonyl (C=O) groups excluding carboxylic acids is 2. The Morgan fingerprint density at radius 3 is 2.24 bits per heavy atom. The van der Waals surface area contributed by atoms with Gasteiger partial charge in [0.2, 0.25) is 11.8 Å². The van der Waals surface area contributed by atoms with E-state index >= 15 is 0 Å². The molecule has 2 amide bonds. The molecule has 0 bridgehead atoms. The molecule has 2 atom stereocenters. The summed E-state index contributed by atoms with van der Waals surface area (Å²) in [7, 11) is 0. The summed E-state index contributed by atoms with van der Waals surface area (Å²) in [6.07, 6.45) is 1.51. The van der Waals surface area contributed by atoms with Gasteiger partial charge in [-0.25, -0.2) is 0 Å². The van der Waals surface area contributed by atoms with Gasteiger partial charge in [-0.2, -0.15) is 0 Å². The van der Waals surface area contributed by atoms with Crippen molar-refractivity contribution in [1.29, 1.82) is 0 Å². The number of nitrogens with zero attached hydrogens (tertiary/aromatic N) is 1. The number of amides is 2. The Balaban J connectivity index is 1.80. The van der Waals surface area contributed by atoms with Crippen LogP contribution in [0.5, 0.6) is 0 Å². The van der Waals surface area contributed by atoms with E-state index in [1.807, 2.05) is 18.7 Å². The first-order valence-electron chi connectivity index (χ1n) is 7.27. The summed E-state index contributed by atoms with van der Waals surface area (Å²) in [5.41, 5.74) is 4.68. The molecule has 1 heterocycles. The highest BCUT2D eigenvalue weighted by Crippen LogP contribution is 2.58. The third kappa shape index (κ3) is 3.34. The normalized spacial score (nSPS) is 28.9. The van der Waals surface area contributed by atoms with Crippen molar-refractivity contribution >= 4 is 17.8 Å². The predicted molar refractivity (Wildman–Crippen MR) is 75.2 cm³/mol. The fourth-order valence-electron chi connectivity index (χ4n) is 3.33. The van der Waals surface area contributed by atoms with E-state index in [1.54, 1.807) is 0 Å². The maximum atomic E-state index is 12.2. The minimum atomic E-state index is -0.906. The number of primary amides is 1. The van der Waals surface area contributed by atoms with Gasteiger partial charge in [-0.05, 0) is 18.3 Å². The van der Waals surface area contributed by atoms with Crippen LogP contribution in [0, 0.1) is 17.3 Å². The first kappa shape index (κ1) is 15.8. The number of carbonyl (C=O) groups is 3. The zero-order valence-electron chi connectivity index (χ0n) is 12.5. The van der Waals surface area contributed by atoms with Crippen LogP contribution in [0.4, 0.5) is 0 Å². The van der Waals surface area contributed by atoms with Gasteiger partial charge in [0.05, 0.1) is 18.4 Å². The molecule has 4 N–H and O–H groups in total. The van der Waals surface area contributed by atoms with E-state index in [0.29, 0.717) is 13.1 Å². The van der Waals surface area contributed by atoms with Crippen molar-refractivity contribution in [2.45, 2.75) is 32.7 Å². The van der Waals surface area contributed by atoms with Gasteiger partial charge in [-0.15, -0.1) is 0 Å². The maximum absolute atomic E-state index is 12.2.